The van der Waals surface area contributed by atoms with Crippen LogP contribution in [0.4, 0.5) is 10.2 Å². The smallest absolute Gasteiger partial charge is 0.313 e. The molecule has 0 bridgehead atoms. The lowest BCUT2D eigenvalue weighted by Gasteiger charge is -2.08. The van der Waals surface area contributed by atoms with Gasteiger partial charge in [0.1, 0.15) is 17.2 Å². The van der Waals surface area contributed by atoms with Crippen molar-refractivity contribution in [3.63, 3.8) is 0 Å². The van der Waals surface area contributed by atoms with Crippen molar-refractivity contribution in [2.75, 3.05) is 5.32 Å². The first-order valence-corrected chi connectivity index (χ1v) is 7.56. The molecule has 27 heavy (non-hydrogen) atoms. The number of halogens is 1. The summed E-state index contributed by atoms with van der Waals surface area (Å²) in [5, 5.41) is 2.18. The van der Waals surface area contributed by atoms with Gasteiger partial charge in [0.15, 0.2) is 0 Å². The van der Waals surface area contributed by atoms with Gasteiger partial charge in [0.05, 0.1) is 6.54 Å². The first-order valence-electron chi connectivity index (χ1n) is 7.56. The maximum Gasteiger partial charge on any atom is 0.328 e. The summed E-state index contributed by atoms with van der Waals surface area (Å²) in [6.07, 6.45) is 0.892. The Morgan fingerprint density at radius 1 is 1.11 bits per heavy atom. The molecule has 1 aromatic carbocycles. The molecule has 0 aliphatic rings. The zero-order valence-corrected chi connectivity index (χ0v) is 13.5. The molecule has 0 atom stereocenters. The topological polar surface area (TPSA) is 150 Å². The second-order valence-electron chi connectivity index (χ2n) is 5.45. The molecule has 2 aromatic heterocycles. The number of aromatic amines is 3. The number of hydrogen-bond acceptors (Lipinski definition) is 5. The number of nitrogens with zero attached hydrogens (tertiary/aromatic N) is 1. The summed E-state index contributed by atoms with van der Waals surface area (Å²) in [5.41, 5.74) is -3.78. The van der Waals surface area contributed by atoms with E-state index in [0.717, 1.165) is 12.3 Å². The van der Waals surface area contributed by atoms with Crippen LogP contribution >= 0.6 is 0 Å². The lowest BCUT2D eigenvalue weighted by atomic mass is 10.2. The summed E-state index contributed by atoms with van der Waals surface area (Å²) in [4.78, 5) is 65.5. The van der Waals surface area contributed by atoms with Gasteiger partial charge in [-0.25, -0.2) is 14.0 Å². The number of rotatable bonds is 4. The Labute approximate surface area is 148 Å². The molecule has 3 aromatic rings. The standard InChI is InChI=1S/C16H12FN5O5/c17-10-4-2-1-3-8(10)7-22-14(25)9(6-18-16(22)27)13(24)19-11-5-12(23)21-15(26)20-11/h1-6H,7H2,(H,18,27)(H3,19,20,21,23,24,26). The third-order valence-electron chi connectivity index (χ3n) is 3.60. The van der Waals surface area contributed by atoms with Crippen LogP contribution < -0.4 is 27.8 Å². The van der Waals surface area contributed by atoms with Crippen molar-refractivity contribution < 1.29 is 9.18 Å². The molecule has 138 valence electrons. The Morgan fingerprint density at radius 3 is 2.56 bits per heavy atom. The molecule has 11 heteroatoms. The molecule has 0 aliphatic carbocycles. The monoisotopic (exact) mass is 373 g/mol. The Bertz CT molecular complexity index is 1220. The maximum atomic E-state index is 13.8. The van der Waals surface area contributed by atoms with Crippen LogP contribution in [0.2, 0.25) is 0 Å². The van der Waals surface area contributed by atoms with E-state index in [0.29, 0.717) is 4.57 Å². The zero-order valence-electron chi connectivity index (χ0n) is 13.5. The fraction of sp³-hybridized carbons (Fsp3) is 0.0625. The van der Waals surface area contributed by atoms with Gasteiger partial charge < -0.3 is 10.3 Å². The van der Waals surface area contributed by atoms with Crippen molar-refractivity contribution in [2.45, 2.75) is 6.54 Å². The van der Waals surface area contributed by atoms with Crippen molar-refractivity contribution in [1.29, 1.82) is 0 Å². The van der Waals surface area contributed by atoms with Gasteiger partial charge in [-0.15, -0.1) is 0 Å². The summed E-state index contributed by atoms with van der Waals surface area (Å²) >= 11 is 0. The summed E-state index contributed by atoms with van der Waals surface area (Å²) in [5.74, 6) is -1.82. The number of nitrogens with one attached hydrogen (secondary N) is 4. The molecule has 4 N–H and O–H groups in total. The summed E-state index contributed by atoms with van der Waals surface area (Å²) < 4.78 is 14.4. The third kappa shape index (κ3) is 3.81. The van der Waals surface area contributed by atoms with Gasteiger partial charge in [-0.3, -0.25) is 28.9 Å². The number of carbonyl (C=O) groups excluding carboxylic acids is 1. The SMILES string of the molecule is O=C(Nc1cc(=O)[nH]c(=O)[nH]1)c1c[nH]c(=O)n(Cc2ccccc2F)c1=O. The van der Waals surface area contributed by atoms with Gasteiger partial charge in [-0.1, -0.05) is 18.2 Å². The number of carbonyl (C=O) groups is 1. The Morgan fingerprint density at radius 2 is 1.85 bits per heavy atom. The minimum atomic E-state index is -0.972. The zero-order chi connectivity index (χ0) is 19.6. The van der Waals surface area contributed by atoms with E-state index in [1.54, 1.807) is 0 Å². The molecule has 0 spiro atoms. The van der Waals surface area contributed by atoms with Gasteiger partial charge in [0.2, 0.25) is 0 Å². The molecule has 0 fully saturated rings. The molecule has 0 radical (unpaired) electrons. The molecular formula is C16H12FN5O5. The van der Waals surface area contributed by atoms with Crippen LogP contribution in [0.3, 0.4) is 0 Å². The minimum absolute atomic E-state index is 0.0848. The highest BCUT2D eigenvalue weighted by molar-refractivity contribution is 6.03. The van der Waals surface area contributed by atoms with E-state index < -0.39 is 39.8 Å². The number of benzene rings is 1. The van der Waals surface area contributed by atoms with Gasteiger partial charge >= 0.3 is 11.4 Å². The summed E-state index contributed by atoms with van der Waals surface area (Å²) in [7, 11) is 0. The maximum absolute atomic E-state index is 13.8. The van der Waals surface area contributed by atoms with Crippen molar-refractivity contribution in [2.24, 2.45) is 0 Å². The molecule has 0 aliphatic heterocycles. The van der Waals surface area contributed by atoms with Gasteiger partial charge in [-0.05, 0) is 6.07 Å². The first-order chi connectivity index (χ1) is 12.8. The van der Waals surface area contributed by atoms with Gasteiger partial charge in [-0.2, -0.15) is 0 Å². The van der Waals surface area contributed by atoms with Crippen LogP contribution in [0.15, 0.2) is 55.7 Å². The van der Waals surface area contributed by atoms with E-state index in [2.05, 4.69) is 15.3 Å². The van der Waals surface area contributed by atoms with E-state index in [9.17, 15) is 28.4 Å². The number of amides is 1. The highest BCUT2D eigenvalue weighted by Gasteiger charge is 2.16. The molecule has 1 amide bonds. The average molecular weight is 373 g/mol. The molecule has 2 heterocycles. The predicted molar refractivity (Wildman–Crippen MR) is 92.5 cm³/mol. The lowest BCUT2D eigenvalue weighted by molar-refractivity contribution is 0.102. The van der Waals surface area contributed by atoms with Crippen LogP contribution in [0.25, 0.3) is 0 Å². The van der Waals surface area contributed by atoms with Crippen molar-refractivity contribution in [3.05, 3.63) is 95.1 Å². The molecule has 3 rings (SSSR count). The normalized spacial score (nSPS) is 10.6. The first kappa shape index (κ1) is 17.8. The number of anilines is 1. The van der Waals surface area contributed by atoms with Crippen LogP contribution in [0, 0.1) is 5.82 Å². The number of aromatic nitrogens is 4. The third-order valence-corrected chi connectivity index (χ3v) is 3.60. The van der Waals surface area contributed by atoms with Crippen molar-refractivity contribution >= 4 is 11.7 Å². The highest BCUT2D eigenvalue weighted by Crippen LogP contribution is 2.06. The van der Waals surface area contributed by atoms with Gasteiger partial charge in [0, 0.05) is 17.8 Å². The minimum Gasteiger partial charge on any atom is -0.313 e. The van der Waals surface area contributed by atoms with E-state index >= 15 is 0 Å². The van der Waals surface area contributed by atoms with Crippen molar-refractivity contribution in [3.8, 4) is 0 Å². The molecule has 0 saturated carbocycles. The average Bonchev–Trinajstić information content (AvgIpc) is 2.59. The lowest BCUT2D eigenvalue weighted by Crippen LogP contribution is -2.39. The van der Waals surface area contributed by atoms with E-state index in [1.807, 2.05) is 4.98 Å². The largest absolute Gasteiger partial charge is 0.328 e. The summed E-state index contributed by atoms with van der Waals surface area (Å²) in [6, 6.07) is 6.47. The van der Waals surface area contributed by atoms with Crippen LogP contribution in [0.5, 0.6) is 0 Å². The Kier molecular flexibility index (Phi) is 4.66. The van der Waals surface area contributed by atoms with Crippen LogP contribution in [-0.4, -0.2) is 25.4 Å². The quantitative estimate of drug-likeness (QED) is 0.479. The second-order valence-corrected chi connectivity index (χ2v) is 5.45. The molecular weight excluding hydrogens is 361 g/mol. The summed E-state index contributed by atoms with van der Waals surface area (Å²) in [6.45, 7) is -0.385. The van der Waals surface area contributed by atoms with Crippen molar-refractivity contribution in [1.82, 2.24) is 19.5 Å². The molecule has 0 saturated heterocycles. The fourth-order valence-corrected chi connectivity index (χ4v) is 2.34. The van der Waals surface area contributed by atoms with E-state index in [-0.39, 0.29) is 17.9 Å². The predicted octanol–water partition coefficient (Wildman–Crippen LogP) is -0.647. The second kappa shape index (κ2) is 7.07. The molecule has 10 nitrogen and oxygen atoms in total. The van der Waals surface area contributed by atoms with E-state index in [1.165, 1.54) is 24.3 Å². The van der Waals surface area contributed by atoms with Gasteiger partial charge in [0.25, 0.3) is 17.0 Å². The highest BCUT2D eigenvalue weighted by atomic mass is 19.1. The van der Waals surface area contributed by atoms with E-state index in [4.69, 9.17) is 0 Å². The number of H-pyrrole nitrogens is 3. The number of hydrogen-bond donors (Lipinski definition) is 4. The Balaban J connectivity index is 1.97. The fourth-order valence-electron chi connectivity index (χ4n) is 2.34. The molecule has 0 unspecified atom stereocenters. The van der Waals surface area contributed by atoms with Crippen LogP contribution in [-0.2, 0) is 6.54 Å². The Hall–Kier alpha value is -4.02. The van der Waals surface area contributed by atoms with Crippen LogP contribution in [0.1, 0.15) is 15.9 Å².